The fourth-order valence-electron chi connectivity index (χ4n) is 0.949. The predicted molar refractivity (Wildman–Crippen MR) is 56.7 cm³/mol. The van der Waals surface area contributed by atoms with Crippen LogP contribution >= 0.6 is 0 Å². The van der Waals surface area contributed by atoms with Crippen LogP contribution in [-0.4, -0.2) is 30.4 Å². The first kappa shape index (κ1) is 14.6. The Morgan fingerprint density at radius 3 is 2.19 bits per heavy atom. The fourth-order valence-corrected chi connectivity index (χ4v) is 0.949. The number of hydrogen-bond acceptors (Lipinski definition) is 5. The van der Waals surface area contributed by atoms with Gasteiger partial charge in [0, 0.05) is 12.8 Å². The van der Waals surface area contributed by atoms with E-state index in [0.717, 1.165) is 0 Å². The number of esters is 2. The molecule has 0 N–H and O–H groups in total. The lowest BCUT2D eigenvalue weighted by Crippen LogP contribution is -2.21. The Morgan fingerprint density at radius 2 is 1.69 bits per heavy atom. The molecule has 5 heteroatoms. The first-order valence-electron chi connectivity index (χ1n) is 5.33. The highest BCUT2D eigenvalue weighted by Crippen LogP contribution is 2.02. The molecule has 0 aliphatic heterocycles. The Balaban J connectivity index is 3.66. The van der Waals surface area contributed by atoms with Crippen molar-refractivity contribution < 1.29 is 23.9 Å². The van der Waals surface area contributed by atoms with Gasteiger partial charge in [0.05, 0.1) is 6.61 Å². The van der Waals surface area contributed by atoms with E-state index < -0.39 is 12.1 Å². The molecule has 0 bridgehead atoms. The van der Waals surface area contributed by atoms with E-state index in [2.05, 4.69) is 0 Å². The van der Waals surface area contributed by atoms with Gasteiger partial charge in [0.2, 0.25) is 0 Å². The van der Waals surface area contributed by atoms with E-state index in [1.54, 1.807) is 6.92 Å². The van der Waals surface area contributed by atoms with E-state index in [9.17, 15) is 14.4 Å². The van der Waals surface area contributed by atoms with Crippen LogP contribution in [0.1, 0.15) is 40.0 Å². The predicted octanol–water partition coefficient (Wildman–Crippen LogP) is 1.24. The van der Waals surface area contributed by atoms with Crippen LogP contribution in [0.4, 0.5) is 0 Å². The van der Waals surface area contributed by atoms with E-state index >= 15 is 0 Å². The Labute approximate surface area is 95.1 Å². The topological polar surface area (TPSA) is 69.7 Å². The molecule has 0 fully saturated rings. The maximum Gasteiger partial charge on any atom is 0.306 e. The minimum Gasteiger partial charge on any atom is -0.466 e. The van der Waals surface area contributed by atoms with Gasteiger partial charge in [-0.1, -0.05) is 0 Å². The minimum absolute atomic E-state index is 0.121. The van der Waals surface area contributed by atoms with Crippen molar-refractivity contribution in [3.63, 3.8) is 0 Å². The average Bonchev–Trinajstić information content (AvgIpc) is 2.17. The van der Waals surface area contributed by atoms with Crippen LogP contribution in [0.3, 0.4) is 0 Å². The Hall–Kier alpha value is -1.39. The maximum absolute atomic E-state index is 11.2. The molecule has 0 saturated carbocycles. The monoisotopic (exact) mass is 230 g/mol. The SMILES string of the molecule is CCOC(=O)CCCC(=O)OC(C)C(C)=O. The number of ketones is 1. The summed E-state index contributed by atoms with van der Waals surface area (Å²) >= 11 is 0. The van der Waals surface area contributed by atoms with Gasteiger partial charge in [-0.15, -0.1) is 0 Å². The molecule has 16 heavy (non-hydrogen) atoms. The van der Waals surface area contributed by atoms with Crippen molar-refractivity contribution in [3.8, 4) is 0 Å². The molecule has 0 radical (unpaired) electrons. The quantitative estimate of drug-likeness (QED) is 0.615. The number of rotatable bonds is 7. The third-order valence-corrected chi connectivity index (χ3v) is 1.95. The van der Waals surface area contributed by atoms with Gasteiger partial charge >= 0.3 is 11.9 Å². The third-order valence-electron chi connectivity index (χ3n) is 1.95. The molecule has 0 heterocycles. The third kappa shape index (κ3) is 6.98. The van der Waals surface area contributed by atoms with Crippen molar-refractivity contribution in [1.29, 1.82) is 0 Å². The van der Waals surface area contributed by atoms with Gasteiger partial charge < -0.3 is 9.47 Å². The summed E-state index contributed by atoms with van der Waals surface area (Å²) in [4.78, 5) is 32.9. The molecule has 0 aliphatic rings. The summed E-state index contributed by atoms with van der Waals surface area (Å²) in [5.74, 6) is -0.986. The number of carbonyl (C=O) groups is 3. The largest absolute Gasteiger partial charge is 0.466 e. The highest BCUT2D eigenvalue weighted by atomic mass is 16.5. The number of Topliss-reactive ketones (excluding diaryl/α,β-unsaturated/α-hetero) is 1. The minimum atomic E-state index is -0.713. The summed E-state index contributed by atoms with van der Waals surface area (Å²) < 4.78 is 9.51. The molecule has 0 spiro atoms. The lowest BCUT2D eigenvalue weighted by atomic mass is 10.2. The first-order valence-corrected chi connectivity index (χ1v) is 5.33. The second-order valence-corrected chi connectivity index (χ2v) is 3.40. The summed E-state index contributed by atoms with van der Waals surface area (Å²) in [7, 11) is 0. The van der Waals surface area contributed by atoms with Gasteiger partial charge in [0.25, 0.3) is 0 Å². The zero-order chi connectivity index (χ0) is 12.6. The molecule has 5 nitrogen and oxygen atoms in total. The molecular formula is C11H18O5. The van der Waals surface area contributed by atoms with Crippen LogP contribution in [0, 0.1) is 0 Å². The summed E-state index contributed by atoms with van der Waals surface area (Å²) in [6.07, 6.45) is -0.0223. The van der Waals surface area contributed by atoms with E-state index in [1.807, 2.05) is 0 Å². The summed E-state index contributed by atoms with van der Waals surface area (Å²) in [6, 6.07) is 0. The Morgan fingerprint density at radius 1 is 1.12 bits per heavy atom. The van der Waals surface area contributed by atoms with Gasteiger partial charge in [0.1, 0.15) is 0 Å². The van der Waals surface area contributed by atoms with Gasteiger partial charge in [-0.25, -0.2) is 0 Å². The normalized spacial score (nSPS) is 11.7. The highest BCUT2D eigenvalue weighted by molar-refractivity contribution is 5.83. The van der Waals surface area contributed by atoms with Gasteiger partial charge in [-0.2, -0.15) is 0 Å². The van der Waals surface area contributed by atoms with Gasteiger partial charge in [-0.3, -0.25) is 14.4 Å². The van der Waals surface area contributed by atoms with Crippen molar-refractivity contribution in [2.24, 2.45) is 0 Å². The van der Waals surface area contributed by atoms with Gasteiger partial charge in [0.15, 0.2) is 11.9 Å². The van der Waals surface area contributed by atoms with E-state index in [-0.39, 0.29) is 24.6 Å². The molecule has 0 aromatic rings. The van der Waals surface area contributed by atoms with Crippen LogP contribution in [0.5, 0.6) is 0 Å². The van der Waals surface area contributed by atoms with E-state index in [0.29, 0.717) is 13.0 Å². The molecule has 0 aromatic carbocycles. The van der Waals surface area contributed by atoms with Crippen molar-refractivity contribution in [2.45, 2.75) is 46.1 Å². The van der Waals surface area contributed by atoms with Crippen LogP contribution in [-0.2, 0) is 23.9 Å². The van der Waals surface area contributed by atoms with Crippen LogP contribution in [0.15, 0.2) is 0 Å². The highest BCUT2D eigenvalue weighted by Gasteiger charge is 2.13. The lowest BCUT2D eigenvalue weighted by Gasteiger charge is -2.09. The lowest BCUT2D eigenvalue weighted by molar-refractivity contribution is -0.153. The molecular weight excluding hydrogens is 212 g/mol. The molecule has 1 atom stereocenters. The van der Waals surface area contributed by atoms with E-state index in [1.165, 1.54) is 13.8 Å². The number of hydrogen-bond donors (Lipinski definition) is 0. The Kier molecular flexibility index (Phi) is 7.16. The molecule has 92 valence electrons. The zero-order valence-electron chi connectivity index (χ0n) is 9.95. The molecule has 0 amide bonds. The summed E-state index contributed by atoms with van der Waals surface area (Å²) in [6.45, 7) is 4.94. The van der Waals surface area contributed by atoms with Crippen molar-refractivity contribution in [3.05, 3.63) is 0 Å². The van der Waals surface area contributed by atoms with Crippen molar-refractivity contribution in [2.75, 3.05) is 6.61 Å². The molecule has 0 saturated heterocycles. The average molecular weight is 230 g/mol. The van der Waals surface area contributed by atoms with Gasteiger partial charge in [-0.05, 0) is 27.2 Å². The Bertz CT molecular complexity index is 259. The smallest absolute Gasteiger partial charge is 0.306 e. The standard InChI is InChI=1S/C11H18O5/c1-4-15-10(13)6-5-7-11(14)16-9(3)8(2)12/h9H,4-7H2,1-3H3. The molecule has 0 rings (SSSR count). The summed E-state index contributed by atoms with van der Waals surface area (Å²) in [5.41, 5.74) is 0. The molecule has 0 aromatic heterocycles. The second kappa shape index (κ2) is 7.84. The molecule has 1 unspecified atom stereocenters. The van der Waals surface area contributed by atoms with E-state index in [4.69, 9.17) is 9.47 Å². The van der Waals surface area contributed by atoms with Crippen LogP contribution in [0.2, 0.25) is 0 Å². The van der Waals surface area contributed by atoms with Crippen LogP contribution in [0.25, 0.3) is 0 Å². The van der Waals surface area contributed by atoms with Crippen molar-refractivity contribution in [1.82, 2.24) is 0 Å². The summed E-state index contributed by atoms with van der Waals surface area (Å²) in [5, 5.41) is 0. The fraction of sp³-hybridized carbons (Fsp3) is 0.727. The van der Waals surface area contributed by atoms with Crippen molar-refractivity contribution >= 4 is 17.7 Å². The van der Waals surface area contributed by atoms with Crippen LogP contribution < -0.4 is 0 Å². The number of carbonyl (C=O) groups excluding carboxylic acids is 3. The zero-order valence-corrected chi connectivity index (χ0v) is 9.95. The maximum atomic E-state index is 11.2. The molecule has 0 aliphatic carbocycles. The number of ether oxygens (including phenoxy) is 2. The second-order valence-electron chi connectivity index (χ2n) is 3.40. The first-order chi connectivity index (χ1) is 7.47.